The molecule has 1 amide bonds. The Bertz CT molecular complexity index is 977. The monoisotopic (exact) mass is 437 g/mol. The maximum Gasteiger partial charge on any atom is 0.289 e. The number of carbonyl (C=O) groups excluding carboxylic acids is 1. The molecule has 2 aliphatic heterocycles. The highest BCUT2D eigenvalue weighted by Crippen LogP contribution is 2.27. The maximum atomic E-state index is 12.8. The minimum atomic E-state index is -3.68. The molecule has 0 unspecified atom stereocenters. The lowest BCUT2D eigenvalue weighted by molar-refractivity contribution is 0.0708. The quantitative estimate of drug-likeness (QED) is 0.734. The first-order valence-corrected chi connectivity index (χ1v) is 11.7. The number of benzene rings is 1. The molecule has 0 spiro atoms. The van der Waals surface area contributed by atoms with Crippen LogP contribution in [0.3, 0.4) is 0 Å². The summed E-state index contributed by atoms with van der Waals surface area (Å²) in [5.41, 5.74) is 0.953. The van der Waals surface area contributed by atoms with Crippen molar-refractivity contribution in [2.75, 3.05) is 44.2 Å². The number of sulfonamides is 1. The van der Waals surface area contributed by atoms with E-state index in [1.807, 2.05) is 24.3 Å². The van der Waals surface area contributed by atoms with Crippen LogP contribution < -0.4 is 4.90 Å². The van der Waals surface area contributed by atoms with Crippen LogP contribution in [0.2, 0.25) is 5.02 Å². The van der Waals surface area contributed by atoms with Gasteiger partial charge in [-0.1, -0.05) is 30.2 Å². The van der Waals surface area contributed by atoms with Gasteiger partial charge in [-0.05, 0) is 37.1 Å². The average Bonchev–Trinajstić information content (AvgIpc) is 3.26. The molecule has 7 nitrogen and oxygen atoms in total. The van der Waals surface area contributed by atoms with Crippen LogP contribution in [0.5, 0.6) is 0 Å². The first-order chi connectivity index (χ1) is 14.0. The Morgan fingerprint density at radius 3 is 2.28 bits per heavy atom. The number of para-hydroxylation sites is 1. The van der Waals surface area contributed by atoms with Crippen LogP contribution in [0, 0.1) is 0 Å². The Labute approximate surface area is 175 Å². The summed E-state index contributed by atoms with van der Waals surface area (Å²) in [4.78, 5) is 16.6. The number of nitrogens with zero attached hydrogens (tertiary/aromatic N) is 3. The van der Waals surface area contributed by atoms with Crippen LogP contribution in [0.15, 0.2) is 45.9 Å². The van der Waals surface area contributed by atoms with Gasteiger partial charge in [0.2, 0.25) is 5.09 Å². The fraction of sp³-hybridized carbons (Fsp3) is 0.450. The molecule has 2 aliphatic rings. The molecule has 0 saturated carbocycles. The van der Waals surface area contributed by atoms with Gasteiger partial charge in [-0.2, -0.15) is 4.31 Å². The number of amides is 1. The summed E-state index contributed by atoms with van der Waals surface area (Å²) in [6.07, 6.45) is 2.73. The summed E-state index contributed by atoms with van der Waals surface area (Å²) in [5, 5.41) is 0.531. The molecule has 0 N–H and O–H groups in total. The predicted octanol–water partition coefficient (Wildman–Crippen LogP) is 3.07. The van der Waals surface area contributed by atoms with Crippen molar-refractivity contribution in [2.45, 2.75) is 24.4 Å². The largest absolute Gasteiger partial charge is 0.438 e. The SMILES string of the molecule is O=C(c1ccc(S(=O)(=O)N2CCCCC2)o1)N1CCN(c2ccccc2Cl)CC1. The van der Waals surface area contributed by atoms with E-state index < -0.39 is 10.0 Å². The molecule has 0 atom stereocenters. The van der Waals surface area contributed by atoms with Gasteiger partial charge in [0, 0.05) is 39.3 Å². The molecule has 0 aliphatic carbocycles. The molecule has 4 rings (SSSR count). The van der Waals surface area contributed by atoms with Crippen LogP contribution in [0.4, 0.5) is 5.69 Å². The molecule has 0 bridgehead atoms. The summed E-state index contributed by atoms with van der Waals surface area (Å²) in [6, 6.07) is 10.5. The topological polar surface area (TPSA) is 74.1 Å². The van der Waals surface area contributed by atoms with E-state index in [1.165, 1.54) is 16.4 Å². The van der Waals surface area contributed by atoms with Crippen molar-refractivity contribution < 1.29 is 17.6 Å². The number of hydrogen-bond donors (Lipinski definition) is 0. The third-order valence-corrected chi connectivity index (χ3v) is 7.55. The highest BCUT2D eigenvalue weighted by atomic mass is 35.5. The van der Waals surface area contributed by atoms with E-state index in [9.17, 15) is 13.2 Å². The van der Waals surface area contributed by atoms with E-state index in [1.54, 1.807) is 4.90 Å². The van der Waals surface area contributed by atoms with E-state index in [4.69, 9.17) is 16.0 Å². The van der Waals surface area contributed by atoms with Crippen molar-refractivity contribution in [3.63, 3.8) is 0 Å². The van der Waals surface area contributed by atoms with E-state index in [0.29, 0.717) is 44.3 Å². The third-order valence-electron chi connectivity index (χ3n) is 5.46. The van der Waals surface area contributed by atoms with Crippen molar-refractivity contribution in [3.05, 3.63) is 47.2 Å². The standard InChI is InChI=1S/C20H24ClN3O4S/c21-16-6-2-3-7-17(16)22-12-14-23(15-13-22)20(25)18-8-9-19(28-18)29(26,27)24-10-4-1-5-11-24/h2-3,6-9H,1,4-5,10-15H2. The Morgan fingerprint density at radius 1 is 0.897 bits per heavy atom. The number of carbonyl (C=O) groups is 1. The average molecular weight is 438 g/mol. The maximum absolute atomic E-state index is 12.8. The molecule has 1 aromatic heterocycles. The van der Waals surface area contributed by atoms with Crippen LogP contribution in [-0.2, 0) is 10.0 Å². The fourth-order valence-corrected chi connectivity index (χ4v) is 5.50. The number of furan rings is 1. The van der Waals surface area contributed by atoms with Crippen LogP contribution >= 0.6 is 11.6 Å². The van der Waals surface area contributed by atoms with E-state index in [2.05, 4.69) is 4.90 Å². The lowest BCUT2D eigenvalue weighted by atomic mass is 10.2. The smallest absolute Gasteiger partial charge is 0.289 e. The van der Waals surface area contributed by atoms with Crippen LogP contribution in [-0.4, -0.2) is 62.8 Å². The Morgan fingerprint density at radius 2 is 1.59 bits per heavy atom. The van der Waals surface area contributed by atoms with Crippen molar-refractivity contribution in [2.24, 2.45) is 0 Å². The summed E-state index contributed by atoms with van der Waals surface area (Å²) in [6.45, 7) is 3.31. The molecule has 3 heterocycles. The molecule has 2 aromatic rings. The second kappa shape index (κ2) is 8.38. The molecule has 29 heavy (non-hydrogen) atoms. The van der Waals surface area contributed by atoms with Gasteiger partial charge in [0.25, 0.3) is 15.9 Å². The predicted molar refractivity (Wildman–Crippen MR) is 111 cm³/mol. The van der Waals surface area contributed by atoms with Crippen molar-refractivity contribution in [3.8, 4) is 0 Å². The number of piperidine rings is 1. The molecule has 0 radical (unpaired) electrons. The summed E-state index contributed by atoms with van der Waals surface area (Å²) >= 11 is 6.26. The summed E-state index contributed by atoms with van der Waals surface area (Å²) in [7, 11) is -3.68. The van der Waals surface area contributed by atoms with E-state index >= 15 is 0 Å². The number of anilines is 1. The molecule has 1 aromatic carbocycles. The molecule has 2 fully saturated rings. The number of piperazine rings is 1. The van der Waals surface area contributed by atoms with Gasteiger partial charge < -0.3 is 14.2 Å². The fourth-order valence-electron chi connectivity index (χ4n) is 3.82. The van der Waals surface area contributed by atoms with Gasteiger partial charge in [-0.15, -0.1) is 0 Å². The van der Waals surface area contributed by atoms with Crippen LogP contribution in [0.25, 0.3) is 0 Å². The molecular formula is C20H24ClN3O4S. The Balaban J connectivity index is 1.42. The van der Waals surface area contributed by atoms with Gasteiger partial charge in [0.15, 0.2) is 5.76 Å². The third kappa shape index (κ3) is 4.15. The van der Waals surface area contributed by atoms with E-state index in [0.717, 1.165) is 24.9 Å². The Kier molecular flexibility index (Phi) is 5.85. The number of halogens is 1. The van der Waals surface area contributed by atoms with Crippen LogP contribution in [0.1, 0.15) is 29.8 Å². The van der Waals surface area contributed by atoms with E-state index in [-0.39, 0.29) is 16.8 Å². The Hall–Kier alpha value is -2.03. The second-order valence-electron chi connectivity index (χ2n) is 7.31. The molecule has 156 valence electrons. The normalized spacial score (nSPS) is 18.8. The lowest BCUT2D eigenvalue weighted by Gasteiger charge is -2.36. The molecule has 9 heteroatoms. The highest BCUT2D eigenvalue weighted by Gasteiger charge is 2.31. The lowest BCUT2D eigenvalue weighted by Crippen LogP contribution is -2.48. The first kappa shape index (κ1) is 20.3. The second-order valence-corrected chi connectivity index (χ2v) is 9.59. The zero-order valence-corrected chi connectivity index (χ0v) is 17.7. The van der Waals surface area contributed by atoms with Gasteiger partial charge >= 0.3 is 0 Å². The van der Waals surface area contributed by atoms with Gasteiger partial charge in [-0.3, -0.25) is 4.79 Å². The molecular weight excluding hydrogens is 414 g/mol. The van der Waals surface area contributed by atoms with Gasteiger partial charge in [-0.25, -0.2) is 8.42 Å². The van der Waals surface area contributed by atoms with Gasteiger partial charge in [0.1, 0.15) is 0 Å². The summed E-state index contributed by atoms with van der Waals surface area (Å²) in [5.74, 6) is -0.226. The zero-order chi connectivity index (χ0) is 20.4. The summed E-state index contributed by atoms with van der Waals surface area (Å²) < 4.78 is 32.4. The first-order valence-electron chi connectivity index (χ1n) is 9.85. The molecule has 2 saturated heterocycles. The highest BCUT2D eigenvalue weighted by molar-refractivity contribution is 7.89. The number of rotatable bonds is 4. The van der Waals surface area contributed by atoms with Gasteiger partial charge in [0.05, 0.1) is 10.7 Å². The zero-order valence-electron chi connectivity index (χ0n) is 16.1. The van der Waals surface area contributed by atoms with Crippen molar-refractivity contribution >= 4 is 33.2 Å². The minimum absolute atomic E-state index is 0.0618. The minimum Gasteiger partial charge on any atom is -0.438 e. The van der Waals surface area contributed by atoms with Crippen molar-refractivity contribution in [1.29, 1.82) is 0 Å². The number of hydrogen-bond acceptors (Lipinski definition) is 5. The van der Waals surface area contributed by atoms with Crippen molar-refractivity contribution in [1.82, 2.24) is 9.21 Å².